The summed E-state index contributed by atoms with van der Waals surface area (Å²) in [5, 5.41) is 4.39. The van der Waals surface area contributed by atoms with E-state index in [0.29, 0.717) is 35.6 Å². The maximum Gasteiger partial charge on any atom is 0.142 e. The van der Waals surface area contributed by atoms with Gasteiger partial charge >= 0.3 is 0 Å². The number of nitrogens with one attached hydrogen (secondary N) is 1. The summed E-state index contributed by atoms with van der Waals surface area (Å²) in [6.07, 6.45) is 2.01. The van der Waals surface area contributed by atoms with Crippen LogP contribution in [0.5, 0.6) is 5.75 Å². The molecule has 0 aromatic heterocycles. The summed E-state index contributed by atoms with van der Waals surface area (Å²) in [7, 11) is 1.67. The van der Waals surface area contributed by atoms with Gasteiger partial charge in [0.25, 0.3) is 0 Å². The lowest BCUT2D eigenvalue weighted by Crippen LogP contribution is -2.19. The van der Waals surface area contributed by atoms with E-state index in [0.717, 1.165) is 12.1 Å². The fourth-order valence-electron chi connectivity index (χ4n) is 1.60. The predicted molar refractivity (Wildman–Crippen MR) is 85.0 cm³/mol. The van der Waals surface area contributed by atoms with Crippen LogP contribution in [-0.2, 0) is 11.3 Å². The van der Waals surface area contributed by atoms with Gasteiger partial charge in [-0.2, -0.15) is 0 Å². The van der Waals surface area contributed by atoms with Crippen LogP contribution in [0.4, 0.5) is 0 Å². The molecular formula is C15H21Cl2NO2. The van der Waals surface area contributed by atoms with Crippen LogP contribution in [0.15, 0.2) is 23.8 Å². The van der Waals surface area contributed by atoms with Gasteiger partial charge < -0.3 is 14.8 Å². The third-order valence-electron chi connectivity index (χ3n) is 2.60. The van der Waals surface area contributed by atoms with Crippen molar-refractivity contribution >= 4 is 23.2 Å². The Morgan fingerprint density at radius 1 is 1.30 bits per heavy atom. The maximum atomic E-state index is 6.21. The first-order valence-electron chi connectivity index (χ1n) is 6.48. The Labute approximate surface area is 130 Å². The van der Waals surface area contributed by atoms with E-state index < -0.39 is 0 Å². The SMILES string of the molecule is COCCNCc1cc(Cl)cc(Cl)c1OCC=C(C)C. The first kappa shape index (κ1) is 17.3. The highest BCUT2D eigenvalue weighted by molar-refractivity contribution is 6.35. The molecule has 0 unspecified atom stereocenters. The van der Waals surface area contributed by atoms with Crippen molar-refractivity contribution in [3.05, 3.63) is 39.4 Å². The number of rotatable bonds is 8. The minimum atomic E-state index is 0.495. The van der Waals surface area contributed by atoms with Crippen LogP contribution >= 0.6 is 23.2 Å². The molecule has 3 nitrogen and oxygen atoms in total. The lowest BCUT2D eigenvalue weighted by Gasteiger charge is -2.13. The van der Waals surface area contributed by atoms with Gasteiger partial charge in [-0.3, -0.25) is 0 Å². The van der Waals surface area contributed by atoms with Gasteiger partial charge in [0, 0.05) is 30.8 Å². The molecule has 1 aromatic carbocycles. The van der Waals surface area contributed by atoms with Crippen molar-refractivity contribution in [1.29, 1.82) is 0 Å². The number of halogens is 2. The average Bonchev–Trinajstić information content (AvgIpc) is 2.37. The Balaban J connectivity index is 2.76. The molecule has 0 spiro atoms. The van der Waals surface area contributed by atoms with Gasteiger partial charge in [0.15, 0.2) is 0 Å². The zero-order chi connectivity index (χ0) is 15.0. The van der Waals surface area contributed by atoms with Crippen LogP contribution in [0.3, 0.4) is 0 Å². The topological polar surface area (TPSA) is 30.5 Å². The van der Waals surface area contributed by atoms with Gasteiger partial charge in [-0.1, -0.05) is 28.8 Å². The second-order valence-electron chi connectivity index (χ2n) is 4.64. The number of hydrogen-bond donors (Lipinski definition) is 1. The molecule has 0 bridgehead atoms. The van der Waals surface area contributed by atoms with E-state index in [1.807, 2.05) is 26.0 Å². The van der Waals surface area contributed by atoms with E-state index in [1.165, 1.54) is 5.57 Å². The zero-order valence-electron chi connectivity index (χ0n) is 12.1. The van der Waals surface area contributed by atoms with Gasteiger partial charge in [0.1, 0.15) is 12.4 Å². The highest BCUT2D eigenvalue weighted by atomic mass is 35.5. The summed E-state index contributed by atoms with van der Waals surface area (Å²) in [6.45, 7) is 6.60. The van der Waals surface area contributed by atoms with Crippen molar-refractivity contribution in [2.24, 2.45) is 0 Å². The Kier molecular flexibility index (Phi) is 8.00. The molecule has 0 radical (unpaired) electrons. The fourth-order valence-corrected chi connectivity index (χ4v) is 2.19. The van der Waals surface area contributed by atoms with Gasteiger partial charge in [-0.05, 0) is 32.1 Å². The highest BCUT2D eigenvalue weighted by Crippen LogP contribution is 2.32. The molecule has 0 aliphatic heterocycles. The van der Waals surface area contributed by atoms with Crippen molar-refractivity contribution in [2.45, 2.75) is 20.4 Å². The van der Waals surface area contributed by atoms with E-state index in [-0.39, 0.29) is 0 Å². The summed E-state index contributed by atoms with van der Waals surface area (Å²) in [6, 6.07) is 3.56. The van der Waals surface area contributed by atoms with Crippen LogP contribution < -0.4 is 10.1 Å². The van der Waals surface area contributed by atoms with Gasteiger partial charge in [-0.15, -0.1) is 0 Å². The van der Waals surface area contributed by atoms with E-state index in [4.69, 9.17) is 32.7 Å². The van der Waals surface area contributed by atoms with E-state index in [2.05, 4.69) is 5.32 Å². The smallest absolute Gasteiger partial charge is 0.142 e. The molecule has 0 saturated heterocycles. The third-order valence-corrected chi connectivity index (χ3v) is 3.10. The normalized spacial score (nSPS) is 10.4. The van der Waals surface area contributed by atoms with E-state index >= 15 is 0 Å². The van der Waals surface area contributed by atoms with Crippen molar-refractivity contribution in [2.75, 3.05) is 26.9 Å². The first-order valence-corrected chi connectivity index (χ1v) is 7.24. The summed E-state index contributed by atoms with van der Waals surface area (Å²) in [5.74, 6) is 0.679. The minimum Gasteiger partial charge on any atom is -0.488 e. The Bertz CT molecular complexity index is 457. The molecule has 0 aliphatic rings. The Morgan fingerprint density at radius 3 is 2.70 bits per heavy atom. The molecule has 0 atom stereocenters. The molecule has 112 valence electrons. The zero-order valence-corrected chi connectivity index (χ0v) is 13.6. The van der Waals surface area contributed by atoms with Crippen LogP contribution in [0.2, 0.25) is 10.0 Å². The molecule has 20 heavy (non-hydrogen) atoms. The molecule has 1 aromatic rings. The Morgan fingerprint density at radius 2 is 2.05 bits per heavy atom. The maximum absolute atomic E-state index is 6.21. The second-order valence-corrected chi connectivity index (χ2v) is 5.48. The quantitative estimate of drug-likeness (QED) is 0.579. The van der Waals surface area contributed by atoms with Crippen LogP contribution in [0.1, 0.15) is 19.4 Å². The molecule has 0 aliphatic carbocycles. The molecule has 0 heterocycles. The summed E-state index contributed by atoms with van der Waals surface area (Å²) < 4.78 is 10.7. The third kappa shape index (κ3) is 6.14. The number of hydrogen-bond acceptors (Lipinski definition) is 3. The Hall–Kier alpha value is -0.740. The molecule has 0 amide bonds. The van der Waals surface area contributed by atoms with E-state index in [9.17, 15) is 0 Å². The van der Waals surface area contributed by atoms with Crippen molar-refractivity contribution in [1.82, 2.24) is 5.32 Å². The number of methoxy groups -OCH3 is 1. The standard InChI is InChI=1S/C15H21Cl2NO2/c1-11(2)4-6-20-15-12(10-18-5-7-19-3)8-13(16)9-14(15)17/h4,8-9,18H,5-7,10H2,1-3H3. The lowest BCUT2D eigenvalue weighted by atomic mass is 10.2. The molecule has 1 N–H and O–H groups in total. The van der Waals surface area contributed by atoms with Crippen LogP contribution in [0, 0.1) is 0 Å². The summed E-state index contributed by atoms with van der Waals surface area (Å²) >= 11 is 12.2. The van der Waals surface area contributed by atoms with Crippen LogP contribution in [-0.4, -0.2) is 26.9 Å². The number of benzene rings is 1. The highest BCUT2D eigenvalue weighted by Gasteiger charge is 2.10. The van der Waals surface area contributed by atoms with Gasteiger partial charge in [0.2, 0.25) is 0 Å². The second kappa shape index (κ2) is 9.24. The molecule has 5 heteroatoms. The molecule has 1 rings (SSSR count). The lowest BCUT2D eigenvalue weighted by molar-refractivity contribution is 0.199. The van der Waals surface area contributed by atoms with Gasteiger partial charge in [0.05, 0.1) is 11.6 Å². The predicted octanol–water partition coefficient (Wildman–Crippen LogP) is 4.07. The largest absolute Gasteiger partial charge is 0.488 e. The summed E-state index contributed by atoms with van der Waals surface area (Å²) in [4.78, 5) is 0. The van der Waals surface area contributed by atoms with Crippen molar-refractivity contribution in [3.8, 4) is 5.75 Å². The fraction of sp³-hybridized carbons (Fsp3) is 0.467. The number of allylic oxidation sites excluding steroid dienone is 1. The van der Waals surface area contributed by atoms with Crippen molar-refractivity contribution in [3.63, 3.8) is 0 Å². The molecular weight excluding hydrogens is 297 g/mol. The molecule has 0 fully saturated rings. The van der Waals surface area contributed by atoms with Crippen LogP contribution in [0.25, 0.3) is 0 Å². The summed E-state index contributed by atoms with van der Waals surface area (Å²) in [5.41, 5.74) is 2.15. The van der Waals surface area contributed by atoms with Gasteiger partial charge in [-0.25, -0.2) is 0 Å². The minimum absolute atomic E-state index is 0.495. The van der Waals surface area contributed by atoms with E-state index in [1.54, 1.807) is 13.2 Å². The average molecular weight is 318 g/mol. The molecule has 0 saturated carbocycles. The number of ether oxygens (including phenoxy) is 2. The monoisotopic (exact) mass is 317 g/mol. The first-order chi connectivity index (χ1) is 9.54. The van der Waals surface area contributed by atoms with Crippen molar-refractivity contribution < 1.29 is 9.47 Å².